The lowest BCUT2D eigenvalue weighted by molar-refractivity contribution is 0.0240. The number of anilines is 3. The topological polar surface area (TPSA) is 73.9 Å². The maximum atomic E-state index is 14.7. The number of para-hydroxylation sites is 1. The van der Waals surface area contributed by atoms with Gasteiger partial charge in [0.25, 0.3) is 0 Å². The van der Waals surface area contributed by atoms with E-state index in [-0.39, 0.29) is 17.5 Å². The van der Waals surface area contributed by atoms with Crippen molar-refractivity contribution in [3.8, 4) is 0 Å². The van der Waals surface area contributed by atoms with Crippen LogP contribution in [0.25, 0.3) is 0 Å². The third-order valence-electron chi connectivity index (χ3n) is 4.60. The number of nitrogens with zero attached hydrogens (tertiary/aromatic N) is 2. The van der Waals surface area contributed by atoms with E-state index in [0.29, 0.717) is 31.9 Å². The second kappa shape index (κ2) is 9.20. The Bertz CT molecular complexity index is 954. The summed E-state index contributed by atoms with van der Waals surface area (Å²) in [6, 6.07) is 9.42. The van der Waals surface area contributed by atoms with E-state index in [1.165, 1.54) is 24.3 Å². The summed E-state index contributed by atoms with van der Waals surface area (Å²) in [5.41, 5.74) is 0.0770. The lowest BCUT2D eigenvalue weighted by Crippen LogP contribution is -2.50. The Morgan fingerprint density at radius 1 is 0.935 bits per heavy atom. The van der Waals surface area contributed by atoms with Gasteiger partial charge in [-0.3, -0.25) is 0 Å². The molecule has 3 amide bonds. The van der Waals surface area contributed by atoms with E-state index in [4.69, 9.17) is 4.74 Å². The monoisotopic (exact) mass is 432 g/mol. The zero-order valence-electron chi connectivity index (χ0n) is 17.7. The van der Waals surface area contributed by atoms with Crippen molar-refractivity contribution in [3.05, 3.63) is 54.1 Å². The molecule has 3 rings (SSSR count). The number of carbonyl (C=O) groups excluding carboxylic acids is 2. The van der Waals surface area contributed by atoms with Crippen LogP contribution < -0.4 is 15.5 Å². The largest absolute Gasteiger partial charge is 0.444 e. The van der Waals surface area contributed by atoms with Crippen LogP contribution in [0.3, 0.4) is 0 Å². The Hall–Kier alpha value is -3.36. The van der Waals surface area contributed by atoms with Crippen LogP contribution in [0.1, 0.15) is 20.8 Å². The van der Waals surface area contributed by atoms with E-state index in [0.717, 1.165) is 0 Å². The van der Waals surface area contributed by atoms with Crippen LogP contribution in [0.4, 0.5) is 35.4 Å². The van der Waals surface area contributed by atoms with Gasteiger partial charge in [-0.1, -0.05) is 12.1 Å². The van der Waals surface area contributed by atoms with Crippen molar-refractivity contribution in [2.75, 3.05) is 41.7 Å². The number of amides is 3. The molecular weight excluding hydrogens is 406 g/mol. The first-order valence-electron chi connectivity index (χ1n) is 9.97. The smallest absolute Gasteiger partial charge is 0.410 e. The molecule has 1 aliphatic heterocycles. The Labute approximate surface area is 180 Å². The Kier molecular flexibility index (Phi) is 6.62. The van der Waals surface area contributed by atoms with Gasteiger partial charge in [-0.25, -0.2) is 18.4 Å². The highest BCUT2D eigenvalue weighted by atomic mass is 19.1. The fourth-order valence-electron chi connectivity index (χ4n) is 3.14. The number of rotatable bonds is 3. The average Bonchev–Trinajstić information content (AvgIpc) is 2.69. The normalized spacial score (nSPS) is 14.2. The van der Waals surface area contributed by atoms with Crippen molar-refractivity contribution < 1.29 is 23.1 Å². The molecular formula is C22H26F2N4O3. The van der Waals surface area contributed by atoms with Crippen molar-refractivity contribution >= 4 is 29.2 Å². The molecule has 0 unspecified atom stereocenters. The molecule has 9 heteroatoms. The van der Waals surface area contributed by atoms with E-state index in [9.17, 15) is 18.4 Å². The van der Waals surface area contributed by atoms with Crippen LogP contribution in [0, 0.1) is 11.6 Å². The van der Waals surface area contributed by atoms with Crippen LogP contribution in [-0.4, -0.2) is 48.8 Å². The van der Waals surface area contributed by atoms with Crippen molar-refractivity contribution in [2.24, 2.45) is 0 Å². The maximum absolute atomic E-state index is 14.7. The Morgan fingerprint density at radius 3 is 2.23 bits per heavy atom. The summed E-state index contributed by atoms with van der Waals surface area (Å²) in [5, 5.41) is 4.87. The summed E-state index contributed by atoms with van der Waals surface area (Å²) in [6.07, 6.45) is -0.381. The molecule has 0 aliphatic carbocycles. The summed E-state index contributed by atoms with van der Waals surface area (Å²) in [5.74, 6) is -1.07. The molecule has 1 heterocycles. The first kappa shape index (κ1) is 22.3. The summed E-state index contributed by atoms with van der Waals surface area (Å²) in [4.78, 5) is 27.7. The molecule has 2 N–H and O–H groups in total. The van der Waals surface area contributed by atoms with Crippen molar-refractivity contribution in [1.29, 1.82) is 0 Å². The van der Waals surface area contributed by atoms with Gasteiger partial charge in [0.05, 0.1) is 11.4 Å². The van der Waals surface area contributed by atoms with Gasteiger partial charge in [-0.2, -0.15) is 0 Å². The molecule has 31 heavy (non-hydrogen) atoms. The number of ether oxygens (including phenoxy) is 1. The van der Waals surface area contributed by atoms with E-state index in [1.807, 2.05) is 25.7 Å². The van der Waals surface area contributed by atoms with Gasteiger partial charge in [0.1, 0.15) is 17.2 Å². The van der Waals surface area contributed by atoms with Crippen LogP contribution in [0.15, 0.2) is 42.5 Å². The van der Waals surface area contributed by atoms with Gasteiger partial charge in [0, 0.05) is 31.9 Å². The van der Waals surface area contributed by atoms with Crippen LogP contribution >= 0.6 is 0 Å². The van der Waals surface area contributed by atoms with Crippen molar-refractivity contribution in [3.63, 3.8) is 0 Å². The lowest BCUT2D eigenvalue weighted by atomic mass is 10.2. The fraction of sp³-hybridized carbons (Fsp3) is 0.364. The van der Waals surface area contributed by atoms with E-state index >= 15 is 0 Å². The second-order valence-electron chi connectivity index (χ2n) is 8.18. The SMILES string of the molecule is CC(C)(C)OC(=O)N1CCN(c2ccc(NC(=O)Nc3ccccc3F)cc2F)CC1. The maximum Gasteiger partial charge on any atom is 0.410 e. The molecule has 7 nitrogen and oxygen atoms in total. The molecule has 0 saturated carbocycles. The quantitative estimate of drug-likeness (QED) is 0.740. The predicted octanol–water partition coefficient (Wildman–Crippen LogP) is 4.67. The number of hydrogen-bond donors (Lipinski definition) is 2. The third kappa shape index (κ3) is 6.07. The molecule has 2 aromatic rings. The van der Waals surface area contributed by atoms with Crippen LogP contribution in [-0.2, 0) is 4.74 Å². The highest BCUT2D eigenvalue weighted by Gasteiger charge is 2.26. The number of hydrogen-bond acceptors (Lipinski definition) is 4. The Morgan fingerprint density at radius 2 is 1.61 bits per heavy atom. The summed E-state index contributed by atoms with van der Waals surface area (Å²) in [6.45, 7) is 7.17. The van der Waals surface area contributed by atoms with Crippen molar-refractivity contribution in [2.45, 2.75) is 26.4 Å². The van der Waals surface area contributed by atoms with E-state index < -0.39 is 23.3 Å². The molecule has 0 radical (unpaired) electrons. The summed E-state index contributed by atoms with van der Waals surface area (Å²) < 4.78 is 33.7. The molecule has 0 spiro atoms. The second-order valence-corrected chi connectivity index (χ2v) is 8.18. The van der Waals surface area contributed by atoms with Crippen LogP contribution in [0.2, 0.25) is 0 Å². The van der Waals surface area contributed by atoms with Gasteiger partial charge in [0.15, 0.2) is 0 Å². The van der Waals surface area contributed by atoms with Gasteiger partial charge in [0.2, 0.25) is 0 Å². The van der Waals surface area contributed by atoms with Crippen molar-refractivity contribution in [1.82, 2.24) is 4.90 Å². The number of benzene rings is 2. The molecule has 0 bridgehead atoms. The number of urea groups is 1. The average molecular weight is 432 g/mol. The van der Waals surface area contributed by atoms with Gasteiger partial charge in [-0.05, 0) is 51.1 Å². The number of carbonyl (C=O) groups is 2. The summed E-state index contributed by atoms with van der Waals surface area (Å²) >= 11 is 0. The van der Waals surface area contributed by atoms with E-state index in [2.05, 4.69) is 10.6 Å². The first-order valence-corrected chi connectivity index (χ1v) is 9.97. The first-order chi connectivity index (χ1) is 14.6. The predicted molar refractivity (Wildman–Crippen MR) is 115 cm³/mol. The molecule has 166 valence electrons. The molecule has 0 aromatic heterocycles. The molecule has 1 fully saturated rings. The lowest BCUT2D eigenvalue weighted by Gasteiger charge is -2.36. The van der Waals surface area contributed by atoms with Gasteiger partial charge < -0.3 is 25.2 Å². The highest BCUT2D eigenvalue weighted by molar-refractivity contribution is 5.99. The minimum atomic E-state index is -0.678. The fourth-order valence-corrected chi connectivity index (χ4v) is 3.14. The number of piperazine rings is 1. The minimum Gasteiger partial charge on any atom is -0.444 e. The zero-order valence-corrected chi connectivity index (χ0v) is 17.7. The Balaban J connectivity index is 1.57. The standard InChI is InChI=1S/C22H26F2N4O3/c1-22(2,3)31-21(30)28-12-10-27(11-13-28)19-9-8-15(14-17(19)24)25-20(29)26-18-7-5-4-6-16(18)23/h4-9,14H,10-13H2,1-3H3,(H2,25,26,29). The van der Waals surface area contributed by atoms with Gasteiger partial charge >= 0.3 is 12.1 Å². The van der Waals surface area contributed by atoms with Gasteiger partial charge in [-0.15, -0.1) is 0 Å². The molecule has 1 saturated heterocycles. The molecule has 2 aromatic carbocycles. The number of halogens is 2. The van der Waals surface area contributed by atoms with E-state index in [1.54, 1.807) is 23.1 Å². The van der Waals surface area contributed by atoms with Crippen LogP contribution in [0.5, 0.6) is 0 Å². The molecule has 0 atom stereocenters. The minimum absolute atomic E-state index is 0.0277. The molecule has 1 aliphatic rings. The third-order valence-corrected chi connectivity index (χ3v) is 4.60. The zero-order chi connectivity index (χ0) is 22.6. The summed E-state index contributed by atoms with van der Waals surface area (Å²) in [7, 11) is 0. The highest BCUT2D eigenvalue weighted by Crippen LogP contribution is 2.25. The number of nitrogens with one attached hydrogen (secondary N) is 2.